The molecule has 0 unspecified atom stereocenters. The second kappa shape index (κ2) is 8.59. The zero-order valence-corrected chi connectivity index (χ0v) is 15.6. The third-order valence-corrected chi connectivity index (χ3v) is 4.69. The van der Waals surface area contributed by atoms with Gasteiger partial charge in [-0.3, -0.25) is 0 Å². The molecule has 0 atom stereocenters. The molecule has 4 heteroatoms. The average Bonchev–Trinajstić information content (AvgIpc) is 2.64. The number of benzene rings is 3. The number of rotatable bonds is 5. The first-order valence-corrected chi connectivity index (χ1v) is 9.35. The Morgan fingerprint density at radius 2 is 1.54 bits per heavy atom. The highest BCUT2D eigenvalue weighted by molar-refractivity contribution is 7.99. The van der Waals surface area contributed by atoms with Gasteiger partial charge in [0, 0.05) is 16.5 Å². The van der Waals surface area contributed by atoms with Gasteiger partial charge in [-0.05, 0) is 37.6 Å². The maximum atomic E-state index is 12.3. The van der Waals surface area contributed by atoms with Gasteiger partial charge >= 0.3 is 6.09 Å². The summed E-state index contributed by atoms with van der Waals surface area (Å²) in [6.45, 7) is 3.81. The molecule has 1 N–H and O–H groups in total. The average molecular weight is 363 g/mol. The van der Waals surface area contributed by atoms with Crippen LogP contribution < -0.4 is 10.1 Å². The lowest BCUT2D eigenvalue weighted by Crippen LogP contribution is -2.32. The summed E-state index contributed by atoms with van der Waals surface area (Å²) in [4.78, 5) is 14.3. The summed E-state index contributed by atoms with van der Waals surface area (Å²) in [5.74, 6) is 0.575. The fourth-order valence-electron chi connectivity index (χ4n) is 2.52. The van der Waals surface area contributed by atoms with E-state index in [4.69, 9.17) is 4.74 Å². The van der Waals surface area contributed by atoms with Crippen LogP contribution in [-0.4, -0.2) is 12.1 Å². The van der Waals surface area contributed by atoms with Crippen LogP contribution in [0.5, 0.6) is 5.75 Å². The molecular weight excluding hydrogens is 342 g/mol. The van der Waals surface area contributed by atoms with E-state index < -0.39 is 6.09 Å². The number of amides is 1. The molecule has 0 saturated heterocycles. The van der Waals surface area contributed by atoms with E-state index in [1.165, 1.54) is 0 Å². The van der Waals surface area contributed by atoms with Crippen LogP contribution >= 0.6 is 11.8 Å². The van der Waals surface area contributed by atoms with Crippen molar-refractivity contribution in [2.45, 2.75) is 29.7 Å². The molecule has 0 heterocycles. The summed E-state index contributed by atoms with van der Waals surface area (Å²) >= 11 is 1.58. The van der Waals surface area contributed by atoms with Gasteiger partial charge in [-0.25, -0.2) is 4.79 Å². The maximum absolute atomic E-state index is 12.3. The van der Waals surface area contributed by atoms with Crippen LogP contribution in [0, 0.1) is 0 Å². The van der Waals surface area contributed by atoms with Crippen molar-refractivity contribution in [3.63, 3.8) is 0 Å². The molecule has 0 fully saturated rings. The van der Waals surface area contributed by atoms with Crippen molar-refractivity contribution in [1.29, 1.82) is 0 Å². The topological polar surface area (TPSA) is 38.3 Å². The van der Waals surface area contributed by atoms with E-state index in [1.54, 1.807) is 11.8 Å². The summed E-state index contributed by atoms with van der Waals surface area (Å²) in [5.41, 5.74) is 1.90. The number of hydrogen-bond donors (Lipinski definition) is 1. The highest BCUT2D eigenvalue weighted by atomic mass is 32.2. The van der Waals surface area contributed by atoms with Gasteiger partial charge in [0.1, 0.15) is 0 Å². The van der Waals surface area contributed by atoms with Gasteiger partial charge in [0.2, 0.25) is 0 Å². The number of ether oxygens (including phenoxy) is 1. The van der Waals surface area contributed by atoms with E-state index in [9.17, 15) is 4.79 Å². The smallest absolute Gasteiger partial charge is 0.408 e. The standard InChI is InChI=1S/C22H21NO2S/c1-16(2)23-22(24)25-21-19(17-10-5-3-6-11-17)14-9-15-20(21)26-18-12-7-4-8-13-18/h3-16H,1-2H3,(H,23,24). The van der Waals surface area contributed by atoms with Crippen LogP contribution in [0.25, 0.3) is 11.1 Å². The molecule has 1 amide bonds. The Bertz CT molecular complexity index is 864. The maximum Gasteiger partial charge on any atom is 0.412 e. The van der Waals surface area contributed by atoms with Gasteiger partial charge in [0.15, 0.2) is 5.75 Å². The molecule has 3 aromatic carbocycles. The molecule has 0 aromatic heterocycles. The van der Waals surface area contributed by atoms with E-state index in [-0.39, 0.29) is 6.04 Å². The summed E-state index contributed by atoms with van der Waals surface area (Å²) in [5, 5.41) is 2.79. The first kappa shape index (κ1) is 18.1. The Morgan fingerprint density at radius 3 is 2.19 bits per heavy atom. The van der Waals surface area contributed by atoms with E-state index >= 15 is 0 Å². The van der Waals surface area contributed by atoms with Gasteiger partial charge in [-0.2, -0.15) is 0 Å². The summed E-state index contributed by atoms with van der Waals surface area (Å²) in [6, 6.07) is 26.0. The van der Waals surface area contributed by atoms with E-state index in [2.05, 4.69) is 5.32 Å². The van der Waals surface area contributed by atoms with E-state index in [0.29, 0.717) is 5.75 Å². The van der Waals surface area contributed by atoms with Crippen molar-refractivity contribution in [1.82, 2.24) is 5.32 Å². The monoisotopic (exact) mass is 363 g/mol. The molecule has 26 heavy (non-hydrogen) atoms. The Morgan fingerprint density at radius 1 is 0.885 bits per heavy atom. The van der Waals surface area contributed by atoms with Gasteiger partial charge < -0.3 is 10.1 Å². The molecule has 3 aromatic rings. The van der Waals surface area contributed by atoms with Crippen LogP contribution in [0.15, 0.2) is 88.7 Å². The van der Waals surface area contributed by atoms with Gasteiger partial charge in [-0.1, -0.05) is 72.4 Å². The summed E-state index contributed by atoms with van der Waals surface area (Å²) in [6.07, 6.45) is -0.446. The predicted octanol–water partition coefficient (Wildman–Crippen LogP) is 6.00. The molecule has 0 aliphatic carbocycles. The van der Waals surface area contributed by atoms with Crippen molar-refractivity contribution >= 4 is 17.9 Å². The zero-order chi connectivity index (χ0) is 18.4. The highest BCUT2D eigenvalue weighted by Gasteiger charge is 2.17. The van der Waals surface area contributed by atoms with Crippen molar-refractivity contribution in [2.24, 2.45) is 0 Å². The Labute approximate surface area is 158 Å². The van der Waals surface area contributed by atoms with Crippen LogP contribution in [-0.2, 0) is 0 Å². The lowest BCUT2D eigenvalue weighted by molar-refractivity contribution is 0.197. The van der Waals surface area contributed by atoms with E-state index in [1.807, 2.05) is 92.7 Å². The minimum atomic E-state index is -0.446. The highest BCUT2D eigenvalue weighted by Crippen LogP contribution is 2.41. The lowest BCUT2D eigenvalue weighted by Gasteiger charge is -2.16. The number of para-hydroxylation sites is 1. The first-order chi connectivity index (χ1) is 12.6. The largest absolute Gasteiger partial charge is 0.412 e. The lowest BCUT2D eigenvalue weighted by atomic mass is 10.0. The Balaban J connectivity index is 2.01. The Hall–Kier alpha value is -2.72. The number of nitrogens with one attached hydrogen (secondary N) is 1. The van der Waals surface area contributed by atoms with Crippen molar-refractivity contribution < 1.29 is 9.53 Å². The van der Waals surface area contributed by atoms with Crippen LogP contribution in [0.2, 0.25) is 0 Å². The van der Waals surface area contributed by atoms with Crippen molar-refractivity contribution in [2.75, 3.05) is 0 Å². The van der Waals surface area contributed by atoms with Crippen molar-refractivity contribution in [3.05, 3.63) is 78.9 Å². The predicted molar refractivity (Wildman–Crippen MR) is 107 cm³/mol. The quantitative estimate of drug-likeness (QED) is 0.604. The molecule has 0 spiro atoms. The molecule has 0 bridgehead atoms. The fourth-order valence-corrected chi connectivity index (χ4v) is 3.46. The normalized spacial score (nSPS) is 10.6. The molecule has 0 radical (unpaired) electrons. The van der Waals surface area contributed by atoms with Crippen LogP contribution in [0.4, 0.5) is 4.79 Å². The molecule has 132 valence electrons. The Kier molecular flexibility index (Phi) is 5.97. The van der Waals surface area contributed by atoms with Gasteiger partial charge in [0.05, 0.1) is 4.90 Å². The molecule has 3 nitrogen and oxygen atoms in total. The van der Waals surface area contributed by atoms with Gasteiger partial charge in [0.25, 0.3) is 0 Å². The summed E-state index contributed by atoms with van der Waals surface area (Å²) < 4.78 is 5.74. The van der Waals surface area contributed by atoms with Crippen LogP contribution in [0.3, 0.4) is 0 Å². The minimum Gasteiger partial charge on any atom is -0.408 e. The molecule has 0 aliphatic rings. The second-order valence-corrected chi connectivity index (χ2v) is 7.22. The minimum absolute atomic E-state index is 0.0108. The third-order valence-electron chi connectivity index (χ3n) is 3.64. The molecule has 3 rings (SSSR count). The number of carbonyl (C=O) groups excluding carboxylic acids is 1. The number of hydrogen-bond acceptors (Lipinski definition) is 3. The summed E-state index contributed by atoms with van der Waals surface area (Å²) in [7, 11) is 0. The fraction of sp³-hybridized carbons (Fsp3) is 0.136. The van der Waals surface area contributed by atoms with Crippen LogP contribution in [0.1, 0.15) is 13.8 Å². The molecule has 0 saturated carbocycles. The van der Waals surface area contributed by atoms with Crippen molar-refractivity contribution in [3.8, 4) is 16.9 Å². The number of carbonyl (C=O) groups is 1. The molecule has 0 aliphatic heterocycles. The van der Waals surface area contributed by atoms with Gasteiger partial charge in [-0.15, -0.1) is 0 Å². The zero-order valence-electron chi connectivity index (χ0n) is 14.8. The first-order valence-electron chi connectivity index (χ1n) is 8.53. The molecular formula is C22H21NO2S. The van der Waals surface area contributed by atoms with E-state index in [0.717, 1.165) is 20.9 Å². The third kappa shape index (κ3) is 4.67. The second-order valence-electron chi connectivity index (χ2n) is 6.10. The SMILES string of the molecule is CC(C)NC(=O)Oc1c(Sc2ccccc2)cccc1-c1ccccc1.